The van der Waals surface area contributed by atoms with Crippen LogP contribution >= 0.6 is 0 Å². The molecule has 1 saturated carbocycles. The van der Waals surface area contributed by atoms with Crippen molar-refractivity contribution >= 4 is 11.8 Å². The number of furan rings is 1. The third-order valence-electron chi connectivity index (χ3n) is 7.38. The van der Waals surface area contributed by atoms with E-state index in [4.69, 9.17) is 4.42 Å². The van der Waals surface area contributed by atoms with E-state index in [1.54, 1.807) is 11.0 Å². The van der Waals surface area contributed by atoms with Crippen LogP contribution in [0.3, 0.4) is 0 Å². The number of hydrogen-bond donors (Lipinski definition) is 1. The fraction of sp³-hybridized carbons (Fsp3) is 0.387. The van der Waals surface area contributed by atoms with Crippen molar-refractivity contribution in [3.63, 3.8) is 0 Å². The Kier molecular flexibility index (Phi) is 8.38. The van der Waals surface area contributed by atoms with Crippen LogP contribution in [0, 0.1) is 20.8 Å². The molecule has 2 amide bonds. The highest BCUT2D eigenvalue weighted by Crippen LogP contribution is 2.27. The molecule has 9 heteroatoms. The van der Waals surface area contributed by atoms with E-state index in [1.165, 1.54) is 4.80 Å². The van der Waals surface area contributed by atoms with Crippen molar-refractivity contribution in [2.75, 3.05) is 6.54 Å². The Bertz CT molecular complexity index is 1450. The minimum absolute atomic E-state index is 0.105. The van der Waals surface area contributed by atoms with Crippen molar-refractivity contribution in [1.29, 1.82) is 0 Å². The number of rotatable bonds is 10. The fourth-order valence-corrected chi connectivity index (χ4v) is 5.23. The molecule has 0 radical (unpaired) electrons. The molecule has 1 unspecified atom stereocenters. The summed E-state index contributed by atoms with van der Waals surface area (Å²) in [7, 11) is 0. The highest BCUT2D eigenvalue weighted by molar-refractivity contribution is 5.88. The second kappa shape index (κ2) is 12.3. The average molecular weight is 541 g/mol. The van der Waals surface area contributed by atoms with E-state index in [1.807, 2.05) is 69.3 Å². The van der Waals surface area contributed by atoms with Gasteiger partial charge in [-0.15, -0.1) is 10.2 Å². The van der Waals surface area contributed by atoms with Crippen molar-refractivity contribution < 1.29 is 14.0 Å². The molecule has 2 aromatic heterocycles. The molecule has 5 rings (SSSR count). The summed E-state index contributed by atoms with van der Waals surface area (Å²) < 4.78 is 5.95. The molecule has 4 aromatic rings. The van der Waals surface area contributed by atoms with Gasteiger partial charge in [-0.1, -0.05) is 72.5 Å². The summed E-state index contributed by atoms with van der Waals surface area (Å²) in [5.41, 5.74) is 4.18. The lowest BCUT2D eigenvalue weighted by atomic mass is 10.1. The largest absolute Gasteiger partial charge is 0.464 e. The Hall–Kier alpha value is -4.27. The van der Waals surface area contributed by atoms with Gasteiger partial charge in [-0.25, -0.2) is 0 Å². The fourth-order valence-electron chi connectivity index (χ4n) is 5.23. The van der Waals surface area contributed by atoms with E-state index in [0.29, 0.717) is 30.3 Å². The van der Waals surface area contributed by atoms with Crippen molar-refractivity contribution in [2.24, 2.45) is 0 Å². The third-order valence-corrected chi connectivity index (χ3v) is 7.38. The summed E-state index contributed by atoms with van der Waals surface area (Å²) in [4.78, 5) is 30.6. The van der Waals surface area contributed by atoms with Crippen LogP contribution < -0.4 is 5.32 Å². The molecule has 1 fully saturated rings. The van der Waals surface area contributed by atoms with E-state index in [9.17, 15) is 9.59 Å². The van der Waals surface area contributed by atoms with E-state index >= 15 is 0 Å². The third kappa shape index (κ3) is 6.65. The monoisotopic (exact) mass is 540 g/mol. The Morgan fingerprint density at radius 3 is 2.50 bits per heavy atom. The maximum Gasteiger partial charge on any atom is 0.250 e. The average Bonchev–Trinajstić information content (AvgIpc) is 3.70. The second-order valence-corrected chi connectivity index (χ2v) is 10.7. The van der Waals surface area contributed by atoms with Gasteiger partial charge in [0.25, 0.3) is 5.91 Å². The molecule has 1 N–H and O–H groups in total. The van der Waals surface area contributed by atoms with Crippen LogP contribution in [0.25, 0.3) is 11.4 Å². The first kappa shape index (κ1) is 27.3. The maximum atomic E-state index is 13.9. The molecule has 1 aliphatic rings. The lowest BCUT2D eigenvalue weighted by Crippen LogP contribution is -2.47. The molecule has 0 saturated heterocycles. The number of tetrazole rings is 1. The molecule has 9 nitrogen and oxygen atoms in total. The molecule has 0 aliphatic heterocycles. The number of aryl methyl sites for hydroxylation is 3. The number of carbonyl (C=O) groups is 2. The number of aromatic nitrogens is 4. The predicted molar refractivity (Wildman–Crippen MR) is 151 cm³/mol. The van der Waals surface area contributed by atoms with Gasteiger partial charge in [0.2, 0.25) is 11.7 Å². The van der Waals surface area contributed by atoms with Gasteiger partial charge in [0.1, 0.15) is 18.1 Å². The number of nitrogens with zero attached hydrogens (tertiary/aromatic N) is 5. The second-order valence-electron chi connectivity index (χ2n) is 10.7. The lowest BCUT2D eigenvalue weighted by Gasteiger charge is -2.30. The molecule has 0 bridgehead atoms. The number of hydrogen-bond acceptors (Lipinski definition) is 6. The molecule has 208 valence electrons. The molecule has 0 spiro atoms. The van der Waals surface area contributed by atoms with Gasteiger partial charge in [0.15, 0.2) is 6.04 Å². The van der Waals surface area contributed by atoms with Gasteiger partial charge < -0.3 is 14.6 Å². The molecule has 1 aliphatic carbocycles. The van der Waals surface area contributed by atoms with Crippen molar-refractivity contribution in [2.45, 2.75) is 71.5 Å². The van der Waals surface area contributed by atoms with Crippen molar-refractivity contribution in [3.8, 4) is 11.4 Å². The molecule has 2 aromatic carbocycles. The first-order valence-corrected chi connectivity index (χ1v) is 13.9. The van der Waals surface area contributed by atoms with Gasteiger partial charge in [-0.2, -0.15) is 4.80 Å². The number of carbonyl (C=O) groups excluding carboxylic acids is 2. The van der Waals surface area contributed by atoms with Gasteiger partial charge in [-0.3, -0.25) is 9.59 Å². The molecule has 1 atom stereocenters. The first-order chi connectivity index (χ1) is 19.4. The van der Waals surface area contributed by atoms with Gasteiger partial charge >= 0.3 is 0 Å². The smallest absolute Gasteiger partial charge is 0.250 e. The quantitative estimate of drug-likeness (QED) is 0.312. The first-order valence-electron chi connectivity index (χ1n) is 13.9. The summed E-state index contributed by atoms with van der Waals surface area (Å²) >= 11 is 0. The van der Waals surface area contributed by atoms with E-state index in [2.05, 4.69) is 26.8 Å². The van der Waals surface area contributed by atoms with Gasteiger partial charge in [0, 0.05) is 18.2 Å². The van der Waals surface area contributed by atoms with Crippen LogP contribution in [0.15, 0.2) is 65.1 Å². The number of amides is 2. The predicted octanol–water partition coefficient (Wildman–Crippen LogP) is 4.73. The van der Waals surface area contributed by atoms with E-state index < -0.39 is 6.04 Å². The molecule has 2 heterocycles. The summed E-state index contributed by atoms with van der Waals surface area (Å²) in [6.45, 7) is 6.06. The lowest BCUT2D eigenvalue weighted by molar-refractivity contribution is -0.142. The summed E-state index contributed by atoms with van der Waals surface area (Å²) in [5, 5.41) is 15.9. The van der Waals surface area contributed by atoms with E-state index in [-0.39, 0.29) is 24.4 Å². The van der Waals surface area contributed by atoms with Gasteiger partial charge in [0.05, 0.1) is 0 Å². The highest BCUT2D eigenvalue weighted by Gasteiger charge is 2.35. The Labute approximate surface area is 234 Å². The minimum Gasteiger partial charge on any atom is -0.464 e. The SMILES string of the molecule is Cc1ccc(-c2nnn(CC(=O)N(CCc3cccc(C)c3)C(C(=O)NC3CCCC3)c3ccc(C)o3)n2)cc1. The standard InChI is InChI=1S/C31H36N6O3/c1-21-11-14-25(15-12-21)30-33-35-37(34-30)20-28(38)36(18-17-24-8-6-7-22(2)19-24)29(27-16-13-23(3)40-27)31(39)32-26-9-4-5-10-26/h6-8,11-16,19,26,29H,4-5,9-10,17-18,20H2,1-3H3,(H,32,39). The summed E-state index contributed by atoms with van der Waals surface area (Å²) in [6, 6.07) is 18.8. The Balaban J connectivity index is 1.42. The maximum absolute atomic E-state index is 13.9. The van der Waals surface area contributed by atoms with Crippen LogP contribution in [-0.2, 0) is 22.6 Å². The van der Waals surface area contributed by atoms with Crippen LogP contribution in [-0.4, -0.2) is 49.5 Å². The number of benzene rings is 2. The summed E-state index contributed by atoms with van der Waals surface area (Å²) in [5.74, 6) is 1.04. The Morgan fingerprint density at radius 1 is 1.02 bits per heavy atom. The highest BCUT2D eigenvalue weighted by atomic mass is 16.3. The van der Waals surface area contributed by atoms with Gasteiger partial charge in [-0.05, 0) is 62.9 Å². The normalized spacial score (nSPS) is 14.3. The minimum atomic E-state index is -0.910. The van der Waals surface area contributed by atoms with Crippen LogP contribution in [0.4, 0.5) is 0 Å². The zero-order valence-corrected chi connectivity index (χ0v) is 23.3. The zero-order valence-electron chi connectivity index (χ0n) is 23.3. The van der Waals surface area contributed by atoms with Crippen molar-refractivity contribution in [3.05, 3.63) is 88.9 Å². The van der Waals surface area contributed by atoms with Crippen molar-refractivity contribution in [1.82, 2.24) is 30.4 Å². The van der Waals surface area contributed by atoms with Crippen LogP contribution in [0.2, 0.25) is 0 Å². The van der Waals surface area contributed by atoms with Crippen LogP contribution in [0.5, 0.6) is 0 Å². The molecule has 40 heavy (non-hydrogen) atoms. The zero-order chi connectivity index (χ0) is 28.1. The summed E-state index contributed by atoms with van der Waals surface area (Å²) in [6.07, 6.45) is 4.65. The van der Waals surface area contributed by atoms with Crippen LogP contribution in [0.1, 0.15) is 59.9 Å². The molecular formula is C31H36N6O3. The topological polar surface area (TPSA) is 106 Å². The Morgan fingerprint density at radius 2 is 1.80 bits per heavy atom. The van der Waals surface area contributed by atoms with E-state index in [0.717, 1.165) is 47.9 Å². The molecular weight excluding hydrogens is 504 g/mol. The number of nitrogens with one attached hydrogen (secondary N) is 1.